The smallest absolute Gasteiger partial charge is 0.265 e. The van der Waals surface area contributed by atoms with Gasteiger partial charge in [0.2, 0.25) is 0 Å². The number of halogens is 1. The lowest BCUT2D eigenvalue weighted by molar-refractivity contribution is 0.166. The zero-order chi connectivity index (χ0) is 16.6. The van der Waals surface area contributed by atoms with Crippen LogP contribution in [0.25, 0.3) is 0 Å². The molecule has 2 aromatic rings. The largest absolute Gasteiger partial charge is 0.497 e. The Bertz CT molecular complexity index is 838. The standard InChI is InChI=1S/C16H16ClNO4S/c1-22-11-6-7-12-14(10-11)18(9-8-15(12)19)23(20,21)16-5-3-2-4-13(16)17/h2-7,10,15,19H,8-9H2,1H3. The van der Waals surface area contributed by atoms with Crippen molar-refractivity contribution in [2.24, 2.45) is 0 Å². The number of sulfonamides is 1. The van der Waals surface area contributed by atoms with Crippen LogP contribution in [0, 0.1) is 0 Å². The summed E-state index contributed by atoms with van der Waals surface area (Å²) in [5, 5.41) is 10.3. The van der Waals surface area contributed by atoms with Gasteiger partial charge in [-0.3, -0.25) is 4.31 Å². The molecule has 0 bridgehead atoms. The monoisotopic (exact) mass is 353 g/mol. The molecule has 2 aromatic carbocycles. The molecule has 0 aliphatic carbocycles. The van der Waals surface area contributed by atoms with Crippen molar-refractivity contribution in [1.29, 1.82) is 0 Å². The van der Waals surface area contributed by atoms with Gasteiger partial charge >= 0.3 is 0 Å². The number of hydrogen-bond donors (Lipinski definition) is 1. The fraction of sp³-hybridized carbons (Fsp3) is 0.250. The fourth-order valence-electron chi connectivity index (χ4n) is 2.69. The molecule has 1 aliphatic rings. The summed E-state index contributed by atoms with van der Waals surface area (Å²) in [6, 6.07) is 11.3. The number of hydrogen-bond acceptors (Lipinski definition) is 4. The molecule has 0 amide bonds. The molecular formula is C16H16ClNO4S. The zero-order valence-corrected chi connectivity index (χ0v) is 14.0. The van der Waals surface area contributed by atoms with Crippen LogP contribution in [0.1, 0.15) is 18.1 Å². The molecular weight excluding hydrogens is 338 g/mol. The number of nitrogens with zero attached hydrogens (tertiary/aromatic N) is 1. The van der Waals surface area contributed by atoms with Gasteiger partial charge in [0.25, 0.3) is 10.0 Å². The van der Waals surface area contributed by atoms with Gasteiger partial charge in [0.05, 0.1) is 23.9 Å². The highest BCUT2D eigenvalue weighted by atomic mass is 35.5. The van der Waals surface area contributed by atoms with Gasteiger partial charge in [0.15, 0.2) is 0 Å². The molecule has 0 fully saturated rings. The van der Waals surface area contributed by atoms with E-state index in [1.807, 2.05) is 0 Å². The lowest BCUT2D eigenvalue weighted by Crippen LogP contribution is -2.36. The molecule has 1 N–H and O–H groups in total. The molecule has 1 heterocycles. The number of benzene rings is 2. The highest BCUT2D eigenvalue weighted by molar-refractivity contribution is 7.93. The van der Waals surface area contributed by atoms with E-state index in [2.05, 4.69) is 0 Å². The van der Waals surface area contributed by atoms with Crippen molar-refractivity contribution in [1.82, 2.24) is 0 Å². The van der Waals surface area contributed by atoms with Crippen molar-refractivity contribution >= 4 is 27.3 Å². The van der Waals surface area contributed by atoms with Gasteiger partial charge in [0.1, 0.15) is 10.6 Å². The van der Waals surface area contributed by atoms with Crippen LogP contribution in [0.4, 0.5) is 5.69 Å². The van der Waals surface area contributed by atoms with E-state index in [1.54, 1.807) is 36.4 Å². The Morgan fingerprint density at radius 3 is 2.70 bits per heavy atom. The van der Waals surface area contributed by atoms with Crippen LogP contribution >= 0.6 is 11.6 Å². The highest BCUT2D eigenvalue weighted by Crippen LogP contribution is 2.40. The van der Waals surface area contributed by atoms with Crippen LogP contribution in [0.2, 0.25) is 5.02 Å². The molecule has 0 spiro atoms. The topological polar surface area (TPSA) is 66.8 Å². The first-order chi connectivity index (χ1) is 10.9. The Kier molecular flexibility index (Phi) is 4.23. The van der Waals surface area contributed by atoms with E-state index >= 15 is 0 Å². The Morgan fingerprint density at radius 2 is 2.00 bits per heavy atom. The van der Waals surface area contributed by atoms with Crippen LogP contribution in [-0.2, 0) is 10.0 Å². The number of aliphatic hydroxyl groups is 1. The average molecular weight is 354 g/mol. The summed E-state index contributed by atoms with van der Waals surface area (Å²) in [6.45, 7) is 0.175. The van der Waals surface area contributed by atoms with Crippen LogP contribution in [0.3, 0.4) is 0 Å². The second-order valence-corrected chi connectivity index (χ2v) is 7.47. The van der Waals surface area contributed by atoms with Gasteiger partial charge in [-0.25, -0.2) is 8.42 Å². The number of rotatable bonds is 3. The third-order valence-electron chi connectivity index (χ3n) is 3.88. The van der Waals surface area contributed by atoms with Gasteiger partial charge in [-0.05, 0) is 24.6 Å². The molecule has 0 radical (unpaired) electrons. The van der Waals surface area contributed by atoms with Gasteiger partial charge < -0.3 is 9.84 Å². The minimum absolute atomic E-state index is 0.0480. The maximum absolute atomic E-state index is 13.0. The molecule has 23 heavy (non-hydrogen) atoms. The van der Waals surface area contributed by atoms with Crippen LogP contribution in [0.5, 0.6) is 5.75 Å². The SMILES string of the molecule is COc1ccc2c(c1)N(S(=O)(=O)c1ccccc1Cl)CCC2O. The number of ether oxygens (including phenoxy) is 1. The van der Waals surface area contributed by atoms with Gasteiger partial charge in [-0.2, -0.15) is 0 Å². The minimum Gasteiger partial charge on any atom is -0.497 e. The molecule has 1 unspecified atom stereocenters. The maximum atomic E-state index is 13.0. The molecule has 5 nitrogen and oxygen atoms in total. The van der Waals surface area contributed by atoms with Crippen molar-refractivity contribution in [2.75, 3.05) is 18.0 Å². The Balaban J connectivity index is 2.15. The molecule has 3 rings (SSSR count). The molecule has 122 valence electrons. The minimum atomic E-state index is -3.82. The molecule has 1 aliphatic heterocycles. The first kappa shape index (κ1) is 16.1. The predicted molar refractivity (Wildman–Crippen MR) is 88.6 cm³/mol. The average Bonchev–Trinajstić information content (AvgIpc) is 2.54. The summed E-state index contributed by atoms with van der Waals surface area (Å²) in [6.07, 6.45) is -0.378. The first-order valence-corrected chi connectivity index (χ1v) is 8.90. The maximum Gasteiger partial charge on any atom is 0.265 e. The van der Waals surface area contributed by atoms with Crippen molar-refractivity contribution in [3.05, 3.63) is 53.1 Å². The Labute approximate surface area is 140 Å². The number of aliphatic hydroxyl groups excluding tert-OH is 1. The highest BCUT2D eigenvalue weighted by Gasteiger charge is 2.33. The number of anilines is 1. The van der Waals surface area contributed by atoms with Crippen LogP contribution in [-0.4, -0.2) is 27.2 Å². The summed E-state index contributed by atoms with van der Waals surface area (Å²) < 4.78 is 32.4. The van der Waals surface area contributed by atoms with E-state index in [1.165, 1.54) is 17.5 Å². The Hall–Kier alpha value is -1.76. The number of fused-ring (bicyclic) bond motifs is 1. The molecule has 7 heteroatoms. The lowest BCUT2D eigenvalue weighted by atomic mass is 10.0. The van der Waals surface area contributed by atoms with E-state index < -0.39 is 16.1 Å². The van der Waals surface area contributed by atoms with E-state index in [9.17, 15) is 13.5 Å². The van der Waals surface area contributed by atoms with Crippen molar-refractivity contribution in [2.45, 2.75) is 17.4 Å². The zero-order valence-electron chi connectivity index (χ0n) is 12.4. The third-order valence-corrected chi connectivity index (χ3v) is 6.19. The molecule has 0 saturated heterocycles. The Morgan fingerprint density at radius 1 is 1.26 bits per heavy atom. The van der Waals surface area contributed by atoms with E-state index in [0.717, 1.165) is 0 Å². The quantitative estimate of drug-likeness (QED) is 0.921. The molecule has 0 saturated carbocycles. The van der Waals surface area contributed by atoms with Gasteiger partial charge in [-0.1, -0.05) is 29.8 Å². The lowest BCUT2D eigenvalue weighted by Gasteiger charge is -2.33. The second-order valence-electron chi connectivity index (χ2n) is 5.24. The van der Waals surface area contributed by atoms with Crippen molar-refractivity contribution in [3.8, 4) is 5.75 Å². The molecule has 1 atom stereocenters. The van der Waals surface area contributed by atoms with Crippen molar-refractivity contribution < 1.29 is 18.3 Å². The summed E-state index contributed by atoms with van der Waals surface area (Å²) in [4.78, 5) is 0.0480. The molecule has 0 aromatic heterocycles. The van der Waals surface area contributed by atoms with Crippen LogP contribution < -0.4 is 9.04 Å². The fourth-order valence-corrected chi connectivity index (χ4v) is 4.68. The number of methoxy groups -OCH3 is 1. The van der Waals surface area contributed by atoms with Gasteiger partial charge in [-0.15, -0.1) is 0 Å². The normalized spacial score (nSPS) is 17.7. The first-order valence-electron chi connectivity index (χ1n) is 7.08. The van der Waals surface area contributed by atoms with Crippen molar-refractivity contribution in [3.63, 3.8) is 0 Å². The van der Waals surface area contributed by atoms with E-state index in [4.69, 9.17) is 16.3 Å². The summed E-state index contributed by atoms with van der Waals surface area (Å²) >= 11 is 6.06. The predicted octanol–water partition coefficient (Wildman–Crippen LogP) is 2.98. The van der Waals surface area contributed by atoms with E-state index in [-0.39, 0.29) is 16.5 Å². The van der Waals surface area contributed by atoms with Gasteiger partial charge in [0, 0.05) is 18.2 Å². The summed E-state index contributed by atoms with van der Waals surface area (Å²) in [5.74, 6) is 0.525. The summed E-state index contributed by atoms with van der Waals surface area (Å²) in [5.41, 5.74) is 0.982. The van der Waals surface area contributed by atoms with Crippen LogP contribution in [0.15, 0.2) is 47.4 Å². The second kappa shape index (κ2) is 6.03. The van der Waals surface area contributed by atoms with E-state index in [0.29, 0.717) is 23.4 Å². The summed E-state index contributed by atoms with van der Waals surface area (Å²) in [7, 11) is -2.31. The third kappa shape index (κ3) is 2.78.